The molecule has 6 heteroatoms. The molecule has 0 saturated carbocycles. The van der Waals surface area contributed by atoms with Crippen LogP contribution in [-0.2, 0) is 6.42 Å². The Morgan fingerprint density at radius 1 is 1.53 bits per heavy atom. The van der Waals surface area contributed by atoms with Crippen molar-refractivity contribution in [1.29, 1.82) is 0 Å². The summed E-state index contributed by atoms with van der Waals surface area (Å²) in [6.07, 6.45) is 2.55. The van der Waals surface area contributed by atoms with E-state index in [0.717, 1.165) is 16.9 Å². The average molecular weight is 316 g/mol. The Morgan fingerprint density at radius 2 is 2.35 bits per heavy atom. The third-order valence-electron chi connectivity index (χ3n) is 2.44. The van der Waals surface area contributed by atoms with Crippen LogP contribution in [0.5, 0.6) is 0 Å². The van der Waals surface area contributed by atoms with Gasteiger partial charge in [0.1, 0.15) is 5.82 Å². The molecule has 0 spiro atoms. The van der Waals surface area contributed by atoms with Gasteiger partial charge in [-0.05, 0) is 33.6 Å². The molecule has 3 nitrogen and oxygen atoms in total. The van der Waals surface area contributed by atoms with Gasteiger partial charge in [-0.2, -0.15) is 0 Å². The van der Waals surface area contributed by atoms with Crippen LogP contribution in [0.2, 0.25) is 0 Å². The lowest BCUT2D eigenvalue weighted by Gasteiger charge is -2.15. The minimum absolute atomic E-state index is 0.0488. The van der Waals surface area contributed by atoms with Crippen molar-refractivity contribution in [3.8, 4) is 0 Å². The Hall–Kier alpha value is -0.820. The summed E-state index contributed by atoms with van der Waals surface area (Å²) in [5.41, 5.74) is 5.46. The monoisotopic (exact) mass is 315 g/mol. The van der Waals surface area contributed by atoms with Crippen molar-refractivity contribution < 1.29 is 4.39 Å². The standard InChI is InChI=1S/C11H11BrFN3S/c12-9-3-7(1-2-10(9)13)11(16-14)4-8-5-15-6-17-8/h1-3,5-6,11,16H,4,14H2. The zero-order valence-corrected chi connectivity index (χ0v) is 11.3. The molecule has 1 atom stereocenters. The number of rotatable bonds is 4. The number of nitrogens with zero attached hydrogens (tertiary/aromatic N) is 1. The molecule has 1 aromatic carbocycles. The van der Waals surface area contributed by atoms with Gasteiger partial charge in [0.2, 0.25) is 0 Å². The van der Waals surface area contributed by atoms with Gasteiger partial charge in [-0.3, -0.25) is 16.3 Å². The number of hydrogen-bond donors (Lipinski definition) is 2. The van der Waals surface area contributed by atoms with Crippen LogP contribution in [-0.4, -0.2) is 4.98 Å². The fourth-order valence-electron chi connectivity index (χ4n) is 1.55. The summed E-state index contributed by atoms with van der Waals surface area (Å²) in [5.74, 6) is 5.26. The third-order valence-corrected chi connectivity index (χ3v) is 3.85. The van der Waals surface area contributed by atoms with Crippen LogP contribution in [0.25, 0.3) is 0 Å². The molecule has 0 saturated heterocycles. The molecule has 0 aliphatic carbocycles. The molecule has 0 aliphatic heterocycles. The van der Waals surface area contributed by atoms with Crippen LogP contribution in [0.1, 0.15) is 16.5 Å². The van der Waals surface area contributed by atoms with E-state index in [1.165, 1.54) is 6.07 Å². The maximum absolute atomic E-state index is 13.1. The SMILES string of the molecule is NNC(Cc1cncs1)c1ccc(F)c(Br)c1. The highest BCUT2D eigenvalue weighted by atomic mass is 79.9. The number of hydrogen-bond acceptors (Lipinski definition) is 4. The molecular weight excluding hydrogens is 305 g/mol. The number of thiazole rings is 1. The maximum atomic E-state index is 13.1. The van der Waals surface area contributed by atoms with Gasteiger partial charge >= 0.3 is 0 Å². The Kier molecular flexibility index (Phi) is 4.22. The predicted octanol–water partition coefficient (Wildman–Crippen LogP) is 2.79. The molecule has 2 rings (SSSR count). The molecule has 3 N–H and O–H groups in total. The molecule has 0 bridgehead atoms. The fraction of sp³-hybridized carbons (Fsp3) is 0.182. The number of aromatic nitrogens is 1. The van der Waals surface area contributed by atoms with Crippen molar-refractivity contribution in [1.82, 2.24) is 10.4 Å². The summed E-state index contributed by atoms with van der Waals surface area (Å²) in [6, 6.07) is 4.84. The Morgan fingerprint density at radius 3 is 2.94 bits per heavy atom. The van der Waals surface area contributed by atoms with Gasteiger partial charge in [0.25, 0.3) is 0 Å². The van der Waals surface area contributed by atoms with Crippen molar-refractivity contribution in [2.24, 2.45) is 5.84 Å². The van der Waals surface area contributed by atoms with Crippen molar-refractivity contribution in [2.45, 2.75) is 12.5 Å². The van der Waals surface area contributed by atoms with E-state index in [2.05, 4.69) is 26.3 Å². The van der Waals surface area contributed by atoms with Crippen molar-refractivity contribution in [2.75, 3.05) is 0 Å². The minimum Gasteiger partial charge on any atom is -0.271 e. The maximum Gasteiger partial charge on any atom is 0.137 e. The van der Waals surface area contributed by atoms with Gasteiger partial charge in [0, 0.05) is 17.5 Å². The molecule has 0 aliphatic rings. The van der Waals surface area contributed by atoms with E-state index in [1.54, 1.807) is 29.0 Å². The molecule has 17 heavy (non-hydrogen) atoms. The largest absolute Gasteiger partial charge is 0.271 e. The molecule has 2 aromatic rings. The highest BCUT2D eigenvalue weighted by Gasteiger charge is 2.13. The molecule has 1 unspecified atom stereocenters. The summed E-state index contributed by atoms with van der Waals surface area (Å²) in [7, 11) is 0. The second kappa shape index (κ2) is 5.68. The van der Waals surface area contributed by atoms with Crippen molar-refractivity contribution >= 4 is 27.3 Å². The van der Waals surface area contributed by atoms with E-state index in [9.17, 15) is 4.39 Å². The van der Waals surface area contributed by atoms with Gasteiger partial charge in [-0.25, -0.2) is 4.39 Å². The summed E-state index contributed by atoms with van der Waals surface area (Å²) < 4.78 is 13.6. The van der Waals surface area contributed by atoms with Gasteiger partial charge < -0.3 is 0 Å². The lowest BCUT2D eigenvalue weighted by Crippen LogP contribution is -2.29. The molecule has 0 radical (unpaired) electrons. The van der Waals surface area contributed by atoms with E-state index in [0.29, 0.717) is 4.47 Å². The summed E-state index contributed by atoms with van der Waals surface area (Å²) in [5, 5.41) is 0. The van der Waals surface area contributed by atoms with Crippen LogP contribution < -0.4 is 11.3 Å². The van der Waals surface area contributed by atoms with Crippen molar-refractivity contribution in [3.05, 3.63) is 50.6 Å². The fourth-order valence-corrected chi connectivity index (χ4v) is 2.58. The average Bonchev–Trinajstić information content (AvgIpc) is 2.82. The van der Waals surface area contributed by atoms with E-state index in [-0.39, 0.29) is 11.9 Å². The molecule has 0 fully saturated rings. The first-order chi connectivity index (χ1) is 8.20. The minimum atomic E-state index is -0.276. The number of nitrogens with two attached hydrogens (primary N) is 1. The molecule has 0 amide bonds. The number of benzene rings is 1. The second-order valence-electron chi connectivity index (χ2n) is 3.56. The van der Waals surface area contributed by atoms with Crippen LogP contribution in [0.15, 0.2) is 34.4 Å². The molecular formula is C11H11BrFN3S. The first-order valence-electron chi connectivity index (χ1n) is 4.99. The quantitative estimate of drug-likeness (QED) is 0.674. The highest BCUT2D eigenvalue weighted by molar-refractivity contribution is 9.10. The topological polar surface area (TPSA) is 50.9 Å². The van der Waals surface area contributed by atoms with Crippen LogP contribution in [0, 0.1) is 5.82 Å². The van der Waals surface area contributed by atoms with Gasteiger partial charge in [-0.1, -0.05) is 6.07 Å². The third kappa shape index (κ3) is 3.10. The first kappa shape index (κ1) is 12.6. The summed E-state index contributed by atoms with van der Waals surface area (Å²) in [4.78, 5) is 5.15. The number of hydrazine groups is 1. The van der Waals surface area contributed by atoms with E-state index >= 15 is 0 Å². The summed E-state index contributed by atoms with van der Waals surface area (Å²) >= 11 is 4.74. The Balaban J connectivity index is 2.20. The molecule has 1 aromatic heterocycles. The second-order valence-corrected chi connectivity index (χ2v) is 5.39. The van der Waals surface area contributed by atoms with Crippen LogP contribution in [0.4, 0.5) is 4.39 Å². The van der Waals surface area contributed by atoms with E-state index in [1.807, 2.05) is 6.20 Å². The Labute approximate surface area is 111 Å². The number of nitrogens with one attached hydrogen (secondary N) is 1. The summed E-state index contributed by atoms with van der Waals surface area (Å²) in [6.45, 7) is 0. The Bertz CT molecular complexity index is 489. The van der Waals surface area contributed by atoms with Crippen molar-refractivity contribution in [3.63, 3.8) is 0 Å². The lowest BCUT2D eigenvalue weighted by molar-refractivity contribution is 0.551. The molecule has 1 heterocycles. The van der Waals surface area contributed by atoms with Crippen LogP contribution >= 0.6 is 27.3 Å². The lowest BCUT2D eigenvalue weighted by atomic mass is 10.0. The predicted molar refractivity (Wildman–Crippen MR) is 70.0 cm³/mol. The molecule has 90 valence electrons. The van der Waals surface area contributed by atoms with Gasteiger partial charge in [0.15, 0.2) is 0 Å². The van der Waals surface area contributed by atoms with Gasteiger partial charge in [0.05, 0.1) is 16.0 Å². The highest BCUT2D eigenvalue weighted by Crippen LogP contribution is 2.24. The first-order valence-corrected chi connectivity index (χ1v) is 6.66. The normalized spacial score (nSPS) is 12.6. The van der Waals surface area contributed by atoms with Gasteiger partial charge in [-0.15, -0.1) is 11.3 Å². The smallest absolute Gasteiger partial charge is 0.137 e. The zero-order chi connectivity index (χ0) is 12.3. The van der Waals surface area contributed by atoms with E-state index in [4.69, 9.17) is 5.84 Å². The zero-order valence-electron chi connectivity index (χ0n) is 8.86. The van der Waals surface area contributed by atoms with Crippen LogP contribution in [0.3, 0.4) is 0 Å². The number of halogens is 2. The van der Waals surface area contributed by atoms with E-state index < -0.39 is 0 Å².